The molecule has 2 N–H and O–H groups in total. The number of fused-ring (bicyclic) bond motifs is 1. The summed E-state index contributed by atoms with van der Waals surface area (Å²) in [6.45, 7) is 6.80. The number of carbonyl (C=O) groups excluding carboxylic acids is 4. The predicted molar refractivity (Wildman–Crippen MR) is 110 cm³/mol. The Morgan fingerprint density at radius 3 is 2.47 bits per heavy atom. The van der Waals surface area contributed by atoms with Crippen molar-refractivity contribution in [3.63, 3.8) is 0 Å². The van der Waals surface area contributed by atoms with Gasteiger partial charge in [0.05, 0.1) is 18.4 Å². The number of amides is 1. The SMILES string of the molecule is CC[C@H](C)[C@H](NC(C)=O)C(=O)OCCNC1=C(C)C(=O)c2cccc(OC)c2C1=O. The largest absolute Gasteiger partial charge is 0.496 e. The summed E-state index contributed by atoms with van der Waals surface area (Å²) in [5, 5.41) is 5.52. The van der Waals surface area contributed by atoms with E-state index >= 15 is 0 Å². The lowest BCUT2D eigenvalue weighted by Crippen LogP contribution is -2.45. The maximum absolute atomic E-state index is 12.9. The molecule has 0 fully saturated rings. The van der Waals surface area contributed by atoms with Gasteiger partial charge in [-0.25, -0.2) is 4.79 Å². The average Bonchev–Trinajstić information content (AvgIpc) is 2.73. The molecule has 1 aliphatic carbocycles. The summed E-state index contributed by atoms with van der Waals surface area (Å²) in [7, 11) is 1.44. The first-order chi connectivity index (χ1) is 14.2. The molecule has 1 aromatic rings. The van der Waals surface area contributed by atoms with Crippen LogP contribution in [0.25, 0.3) is 0 Å². The van der Waals surface area contributed by atoms with Crippen molar-refractivity contribution in [2.75, 3.05) is 20.3 Å². The summed E-state index contributed by atoms with van der Waals surface area (Å²) in [6.07, 6.45) is 0.697. The van der Waals surface area contributed by atoms with Crippen LogP contribution in [0.15, 0.2) is 29.5 Å². The van der Waals surface area contributed by atoms with E-state index in [4.69, 9.17) is 9.47 Å². The Bertz CT molecular complexity index is 890. The molecule has 2 atom stereocenters. The molecule has 0 radical (unpaired) electrons. The van der Waals surface area contributed by atoms with E-state index in [-0.39, 0.29) is 47.8 Å². The van der Waals surface area contributed by atoms with E-state index in [0.717, 1.165) is 0 Å². The normalized spacial score (nSPS) is 15.2. The summed E-state index contributed by atoms with van der Waals surface area (Å²) in [6, 6.07) is 4.15. The third-order valence-electron chi connectivity index (χ3n) is 5.13. The number of hydrogen-bond donors (Lipinski definition) is 2. The van der Waals surface area contributed by atoms with E-state index in [1.165, 1.54) is 14.0 Å². The highest BCUT2D eigenvalue weighted by atomic mass is 16.5. The van der Waals surface area contributed by atoms with Gasteiger partial charge in [0.1, 0.15) is 18.4 Å². The van der Waals surface area contributed by atoms with Crippen LogP contribution < -0.4 is 15.4 Å². The summed E-state index contributed by atoms with van der Waals surface area (Å²) >= 11 is 0. The number of carbonyl (C=O) groups is 4. The number of allylic oxidation sites excluding steroid dienone is 2. The molecule has 1 aliphatic rings. The third kappa shape index (κ3) is 4.87. The molecule has 1 aromatic carbocycles. The lowest BCUT2D eigenvalue weighted by atomic mass is 9.87. The van der Waals surface area contributed by atoms with Crippen LogP contribution in [-0.2, 0) is 14.3 Å². The maximum atomic E-state index is 12.9. The van der Waals surface area contributed by atoms with E-state index in [9.17, 15) is 19.2 Å². The lowest BCUT2D eigenvalue weighted by molar-refractivity contribution is -0.149. The number of benzene rings is 1. The van der Waals surface area contributed by atoms with Crippen LogP contribution in [-0.4, -0.2) is 49.7 Å². The van der Waals surface area contributed by atoms with Crippen LogP contribution in [0.4, 0.5) is 0 Å². The monoisotopic (exact) mass is 416 g/mol. The number of rotatable bonds is 9. The van der Waals surface area contributed by atoms with Gasteiger partial charge in [0.25, 0.3) is 0 Å². The van der Waals surface area contributed by atoms with Gasteiger partial charge < -0.3 is 20.1 Å². The molecule has 162 valence electrons. The zero-order valence-electron chi connectivity index (χ0n) is 18.0. The fraction of sp³-hybridized carbons (Fsp3) is 0.455. The topological polar surface area (TPSA) is 111 Å². The summed E-state index contributed by atoms with van der Waals surface area (Å²) in [4.78, 5) is 49.3. The molecule has 0 saturated carbocycles. The molecule has 1 amide bonds. The first kappa shape index (κ1) is 23.1. The van der Waals surface area contributed by atoms with Crippen molar-refractivity contribution in [1.82, 2.24) is 10.6 Å². The van der Waals surface area contributed by atoms with E-state index in [1.807, 2.05) is 13.8 Å². The fourth-order valence-corrected chi connectivity index (χ4v) is 3.25. The fourth-order valence-electron chi connectivity index (χ4n) is 3.25. The van der Waals surface area contributed by atoms with Gasteiger partial charge in [-0.2, -0.15) is 0 Å². The van der Waals surface area contributed by atoms with Crippen LogP contribution >= 0.6 is 0 Å². The number of methoxy groups -OCH3 is 1. The molecule has 0 saturated heterocycles. The average molecular weight is 416 g/mol. The molecule has 0 spiro atoms. The number of nitrogens with one attached hydrogen (secondary N) is 2. The standard InChI is InChI=1S/C22H28N2O6/c1-6-12(2)18(24-14(4)25)22(28)30-11-10-23-19-13(3)20(26)15-8-7-9-16(29-5)17(15)21(19)27/h7-9,12,18,23H,6,10-11H2,1-5H3,(H,24,25)/t12-,18-/m0/s1. The highest BCUT2D eigenvalue weighted by molar-refractivity contribution is 6.27. The Hall–Kier alpha value is -3.16. The van der Waals surface area contributed by atoms with Crippen molar-refractivity contribution >= 4 is 23.4 Å². The van der Waals surface area contributed by atoms with Crippen LogP contribution in [0.1, 0.15) is 54.8 Å². The Morgan fingerprint density at radius 1 is 1.17 bits per heavy atom. The number of ketones is 2. The highest BCUT2D eigenvalue weighted by Gasteiger charge is 2.32. The second-order valence-electron chi connectivity index (χ2n) is 7.20. The minimum atomic E-state index is -0.734. The summed E-state index contributed by atoms with van der Waals surface area (Å²) in [5.41, 5.74) is 0.981. The Labute approximate surface area is 176 Å². The van der Waals surface area contributed by atoms with Crippen molar-refractivity contribution in [3.8, 4) is 5.75 Å². The highest BCUT2D eigenvalue weighted by Crippen LogP contribution is 2.31. The minimum absolute atomic E-state index is 0.0254. The van der Waals surface area contributed by atoms with Crippen molar-refractivity contribution in [2.24, 2.45) is 5.92 Å². The van der Waals surface area contributed by atoms with Gasteiger partial charge in [0, 0.05) is 24.6 Å². The minimum Gasteiger partial charge on any atom is -0.496 e. The van der Waals surface area contributed by atoms with E-state index < -0.39 is 12.0 Å². The first-order valence-corrected chi connectivity index (χ1v) is 9.87. The van der Waals surface area contributed by atoms with Crippen LogP contribution in [0.2, 0.25) is 0 Å². The van der Waals surface area contributed by atoms with Gasteiger partial charge in [-0.1, -0.05) is 32.4 Å². The molecule has 0 bridgehead atoms. The van der Waals surface area contributed by atoms with Gasteiger partial charge in [-0.15, -0.1) is 0 Å². The van der Waals surface area contributed by atoms with Crippen LogP contribution in [0.5, 0.6) is 5.75 Å². The second kappa shape index (κ2) is 10.0. The zero-order chi connectivity index (χ0) is 22.4. The van der Waals surface area contributed by atoms with Gasteiger partial charge >= 0.3 is 5.97 Å². The molecule has 0 aliphatic heterocycles. The van der Waals surface area contributed by atoms with Gasteiger partial charge in [-0.05, 0) is 18.9 Å². The van der Waals surface area contributed by atoms with Gasteiger partial charge in [-0.3, -0.25) is 14.4 Å². The van der Waals surface area contributed by atoms with Crippen LogP contribution in [0, 0.1) is 5.92 Å². The third-order valence-corrected chi connectivity index (χ3v) is 5.13. The maximum Gasteiger partial charge on any atom is 0.328 e. The van der Waals surface area contributed by atoms with Crippen molar-refractivity contribution in [3.05, 3.63) is 40.6 Å². The molecule has 8 heteroatoms. The van der Waals surface area contributed by atoms with Crippen LogP contribution in [0.3, 0.4) is 0 Å². The van der Waals surface area contributed by atoms with Crippen molar-refractivity contribution in [2.45, 2.75) is 40.2 Å². The predicted octanol–water partition coefficient (Wildman–Crippen LogP) is 2.03. The summed E-state index contributed by atoms with van der Waals surface area (Å²) in [5.74, 6) is -1.20. The Kier molecular flexibility index (Phi) is 7.74. The molecule has 2 rings (SSSR count). The number of ether oxygens (including phenoxy) is 2. The summed E-state index contributed by atoms with van der Waals surface area (Å²) < 4.78 is 10.5. The number of Topliss-reactive ketones (excluding diaryl/α,β-unsaturated/α-hetero) is 2. The molecular weight excluding hydrogens is 388 g/mol. The van der Waals surface area contributed by atoms with Crippen molar-refractivity contribution in [1.29, 1.82) is 0 Å². The lowest BCUT2D eigenvalue weighted by Gasteiger charge is -2.23. The quantitative estimate of drug-likeness (QED) is 0.468. The molecular formula is C22H28N2O6. The van der Waals surface area contributed by atoms with E-state index in [1.54, 1.807) is 25.1 Å². The first-order valence-electron chi connectivity index (χ1n) is 9.87. The van der Waals surface area contributed by atoms with Crippen molar-refractivity contribution < 1.29 is 28.7 Å². The molecule has 30 heavy (non-hydrogen) atoms. The Balaban J connectivity index is 2.04. The molecule has 0 heterocycles. The molecule has 0 unspecified atom stereocenters. The van der Waals surface area contributed by atoms with Gasteiger partial charge in [0.2, 0.25) is 11.7 Å². The smallest absolute Gasteiger partial charge is 0.328 e. The molecule has 8 nitrogen and oxygen atoms in total. The Morgan fingerprint density at radius 2 is 1.87 bits per heavy atom. The van der Waals surface area contributed by atoms with E-state index in [0.29, 0.717) is 23.3 Å². The second-order valence-corrected chi connectivity index (χ2v) is 7.20. The van der Waals surface area contributed by atoms with E-state index in [2.05, 4.69) is 10.6 Å². The number of hydrogen-bond acceptors (Lipinski definition) is 7. The number of esters is 1. The molecule has 0 aromatic heterocycles. The van der Waals surface area contributed by atoms with Gasteiger partial charge in [0.15, 0.2) is 5.78 Å². The zero-order valence-corrected chi connectivity index (χ0v) is 18.0.